The maximum Gasteiger partial charge on any atom is 0.261 e. The van der Waals surface area contributed by atoms with E-state index in [0.29, 0.717) is 18.4 Å². The molecule has 0 radical (unpaired) electrons. The molecule has 0 aromatic heterocycles. The number of ether oxygens (including phenoxy) is 1. The smallest absolute Gasteiger partial charge is 0.261 e. The van der Waals surface area contributed by atoms with Gasteiger partial charge in [-0.05, 0) is 89.0 Å². The standard InChI is InChI=1S/C41H64O3Si2/c1-31(2)37-26-24-33(41(37,10)27-28-42-45(11,12)39(4,5)6)29-38-32(3)23-25-34(44-38)30-43-46(40(7,8)9,35-19-15-13-16-20-35)36-21-17-14-18-22-36/h13-24,31,34,37-38H,25-30H2,1-12H3/t34-,37-,38-,41+/m0/s1. The highest BCUT2D eigenvalue weighted by molar-refractivity contribution is 6.99. The van der Waals surface area contributed by atoms with Crippen LogP contribution < -0.4 is 10.4 Å². The molecule has 46 heavy (non-hydrogen) atoms. The Labute approximate surface area is 284 Å². The molecule has 1 heterocycles. The Hall–Kier alpha value is -1.77. The molecule has 0 saturated carbocycles. The predicted octanol–water partition coefficient (Wildman–Crippen LogP) is 10.1. The zero-order valence-corrected chi connectivity index (χ0v) is 33.2. The third-order valence-corrected chi connectivity index (χ3v) is 21.3. The third-order valence-electron chi connectivity index (χ3n) is 11.7. The van der Waals surface area contributed by atoms with Gasteiger partial charge in [0.05, 0.1) is 18.8 Å². The fourth-order valence-corrected chi connectivity index (χ4v) is 13.4. The molecule has 0 amide bonds. The van der Waals surface area contributed by atoms with Crippen molar-refractivity contribution >= 4 is 27.0 Å². The summed E-state index contributed by atoms with van der Waals surface area (Å²) >= 11 is 0. The van der Waals surface area contributed by atoms with Gasteiger partial charge in [-0.15, -0.1) is 0 Å². The van der Waals surface area contributed by atoms with Crippen molar-refractivity contribution in [2.75, 3.05) is 13.2 Å². The minimum Gasteiger partial charge on any atom is -0.417 e. The summed E-state index contributed by atoms with van der Waals surface area (Å²) in [6.45, 7) is 29.8. The van der Waals surface area contributed by atoms with Gasteiger partial charge in [0.15, 0.2) is 8.32 Å². The second kappa shape index (κ2) is 14.4. The van der Waals surface area contributed by atoms with E-state index in [9.17, 15) is 0 Å². The van der Waals surface area contributed by atoms with Crippen molar-refractivity contribution in [3.63, 3.8) is 0 Å². The van der Waals surface area contributed by atoms with Crippen molar-refractivity contribution in [3.05, 3.63) is 84.0 Å². The van der Waals surface area contributed by atoms with Gasteiger partial charge in [-0.1, -0.05) is 141 Å². The Morgan fingerprint density at radius 2 is 1.39 bits per heavy atom. The minimum absolute atomic E-state index is 0.0337. The van der Waals surface area contributed by atoms with Crippen LogP contribution in [0.1, 0.15) is 94.9 Å². The van der Waals surface area contributed by atoms with Gasteiger partial charge in [0.2, 0.25) is 0 Å². The number of benzene rings is 2. The predicted molar refractivity (Wildman–Crippen MR) is 202 cm³/mol. The third kappa shape index (κ3) is 7.75. The first-order valence-electron chi connectivity index (χ1n) is 17.8. The van der Waals surface area contributed by atoms with E-state index in [0.717, 1.165) is 32.3 Å². The number of hydrogen-bond acceptors (Lipinski definition) is 3. The first-order valence-corrected chi connectivity index (χ1v) is 22.6. The topological polar surface area (TPSA) is 27.7 Å². The summed E-state index contributed by atoms with van der Waals surface area (Å²) in [5, 5.41) is 2.81. The maximum atomic E-state index is 7.32. The molecule has 0 spiro atoms. The van der Waals surface area contributed by atoms with Crippen LogP contribution in [0.5, 0.6) is 0 Å². The summed E-state index contributed by atoms with van der Waals surface area (Å²) in [6, 6.07) is 21.9. The summed E-state index contributed by atoms with van der Waals surface area (Å²) in [5.74, 6) is 1.26. The molecule has 4 rings (SSSR count). The van der Waals surface area contributed by atoms with E-state index < -0.39 is 16.6 Å². The Kier molecular flexibility index (Phi) is 11.6. The van der Waals surface area contributed by atoms with E-state index in [1.165, 1.54) is 15.9 Å². The molecule has 4 atom stereocenters. The van der Waals surface area contributed by atoms with Crippen molar-refractivity contribution in [1.82, 2.24) is 0 Å². The molecule has 0 bridgehead atoms. The quantitative estimate of drug-likeness (QED) is 0.168. The zero-order chi connectivity index (χ0) is 34.0. The number of rotatable bonds is 12. The molecule has 0 fully saturated rings. The molecule has 1 aliphatic heterocycles. The van der Waals surface area contributed by atoms with Gasteiger partial charge >= 0.3 is 0 Å². The van der Waals surface area contributed by atoms with Crippen molar-refractivity contribution in [1.29, 1.82) is 0 Å². The zero-order valence-electron chi connectivity index (χ0n) is 31.2. The summed E-state index contributed by atoms with van der Waals surface area (Å²) < 4.78 is 21.1. The van der Waals surface area contributed by atoms with Gasteiger partial charge in [-0.25, -0.2) is 0 Å². The molecule has 0 N–H and O–H groups in total. The number of allylic oxidation sites excluding steroid dienone is 1. The second-order valence-corrected chi connectivity index (χ2v) is 26.3. The molecule has 2 aromatic rings. The lowest BCUT2D eigenvalue weighted by Crippen LogP contribution is -2.67. The first-order chi connectivity index (χ1) is 21.4. The Morgan fingerprint density at radius 1 is 0.826 bits per heavy atom. The van der Waals surface area contributed by atoms with Crippen LogP contribution in [0.25, 0.3) is 0 Å². The lowest BCUT2D eigenvalue weighted by molar-refractivity contribution is -0.0284. The molecule has 5 heteroatoms. The van der Waals surface area contributed by atoms with Gasteiger partial charge in [-0.2, -0.15) is 0 Å². The van der Waals surface area contributed by atoms with Crippen LogP contribution >= 0.6 is 0 Å². The van der Waals surface area contributed by atoms with Gasteiger partial charge in [0.1, 0.15) is 0 Å². The largest absolute Gasteiger partial charge is 0.417 e. The Balaban J connectivity index is 1.53. The van der Waals surface area contributed by atoms with Crippen molar-refractivity contribution in [2.24, 2.45) is 17.3 Å². The summed E-state index contributed by atoms with van der Waals surface area (Å²) in [6.07, 6.45) is 9.16. The molecular formula is C41H64O3Si2. The molecule has 0 unspecified atom stereocenters. The normalized spacial score (nSPS) is 24.7. The number of hydrogen-bond donors (Lipinski definition) is 0. The van der Waals surface area contributed by atoms with Crippen LogP contribution in [-0.4, -0.2) is 42.1 Å². The summed E-state index contributed by atoms with van der Waals surface area (Å²) in [4.78, 5) is 0. The average molecular weight is 661 g/mol. The fourth-order valence-electron chi connectivity index (χ4n) is 7.75. The van der Waals surface area contributed by atoms with Gasteiger partial charge in [0, 0.05) is 6.61 Å². The highest BCUT2D eigenvalue weighted by Crippen LogP contribution is 2.52. The van der Waals surface area contributed by atoms with Crippen LogP contribution in [0.15, 0.2) is 84.0 Å². The van der Waals surface area contributed by atoms with Gasteiger partial charge < -0.3 is 13.6 Å². The first kappa shape index (κ1) is 37.1. The van der Waals surface area contributed by atoms with Gasteiger partial charge in [-0.3, -0.25) is 0 Å². The SMILES string of the molecule is CC1=CC[C@@H](CO[Si](c2ccccc2)(c2ccccc2)C(C)(C)C)O[C@H]1CC1=CC[C@@H](C(C)C)[C@]1(C)CCO[Si](C)(C)C(C)(C)C. The van der Waals surface area contributed by atoms with E-state index in [4.69, 9.17) is 13.6 Å². The average Bonchev–Trinajstić information content (AvgIpc) is 3.30. The van der Waals surface area contributed by atoms with Crippen LogP contribution in [0, 0.1) is 17.3 Å². The van der Waals surface area contributed by atoms with Crippen LogP contribution in [0.3, 0.4) is 0 Å². The molecule has 2 aliphatic rings. The van der Waals surface area contributed by atoms with E-state index >= 15 is 0 Å². The lowest BCUT2D eigenvalue weighted by Gasteiger charge is -2.44. The van der Waals surface area contributed by atoms with Crippen LogP contribution in [0.2, 0.25) is 23.2 Å². The molecule has 0 saturated heterocycles. The van der Waals surface area contributed by atoms with E-state index in [1.807, 2.05) is 0 Å². The molecular weight excluding hydrogens is 597 g/mol. The monoisotopic (exact) mass is 660 g/mol. The molecule has 2 aromatic carbocycles. The molecule has 3 nitrogen and oxygen atoms in total. The fraction of sp³-hybridized carbons (Fsp3) is 0.610. The van der Waals surface area contributed by atoms with Crippen LogP contribution in [-0.2, 0) is 13.6 Å². The minimum atomic E-state index is -2.62. The Bertz CT molecular complexity index is 1290. The van der Waals surface area contributed by atoms with Crippen molar-refractivity contribution < 1.29 is 13.6 Å². The van der Waals surface area contributed by atoms with Crippen molar-refractivity contribution in [2.45, 2.75) is 130 Å². The van der Waals surface area contributed by atoms with E-state index in [-0.39, 0.29) is 27.7 Å². The second-order valence-electron chi connectivity index (χ2n) is 17.2. The Morgan fingerprint density at radius 3 is 1.89 bits per heavy atom. The highest BCUT2D eigenvalue weighted by atomic mass is 28.4. The highest BCUT2D eigenvalue weighted by Gasteiger charge is 2.51. The lowest BCUT2D eigenvalue weighted by atomic mass is 9.67. The van der Waals surface area contributed by atoms with Crippen LogP contribution in [0.4, 0.5) is 0 Å². The van der Waals surface area contributed by atoms with E-state index in [2.05, 4.69) is 155 Å². The molecule has 254 valence electrons. The van der Waals surface area contributed by atoms with E-state index in [1.54, 1.807) is 5.57 Å². The summed E-state index contributed by atoms with van der Waals surface area (Å²) in [5.41, 5.74) is 3.05. The van der Waals surface area contributed by atoms with Gasteiger partial charge in [0.25, 0.3) is 8.32 Å². The molecule has 1 aliphatic carbocycles. The maximum absolute atomic E-state index is 7.32. The van der Waals surface area contributed by atoms with Crippen molar-refractivity contribution in [3.8, 4) is 0 Å². The summed E-state index contributed by atoms with van der Waals surface area (Å²) in [7, 11) is -4.41.